The quantitative estimate of drug-likeness (QED) is 0.893. The number of benzene rings is 1. The average Bonchev–Trinajstić information content (AvgIpc) is 3.25. The Labute approximate surface area is 121 Å². The minimum atomic E-state index is -0.0567. The van der Waals surface area contributed by atoms with Crippen LogP contribution in [0.2, 0.25) is 0 Å². The van der Waals surface area contributed by atoms with E-state index in [1.807, 2.05) is 23.1 Å². The van der Waals surface area contributed by atoms with Crippen LogP contribution in [0.1, 0.15) is 32.3 Å². The summed E-state index contributed by atoms with van der Waals surface area (Å²) in [6, 6.07) is 10.2. The van der Waals surface area contributed by atoms with Crippen LogP contribution in [0.4, 0.5) is 0 Å². The molecule has 108 valence electrons. The summed E-state index contributed by atoms with van der Waals surface area (Å²) in [6.07, 6.45) is 3.65. The van der Waals surface area contributed by atoms with E-state index in [2.05, 4.69) is 31.3 Å². The lowest BCUT2D eigenvalue weighted by molar-refractivity contribution is -0.130. The number of nitrogens with one attached hydrogen (secondary N) is 1. The third kappa shape index (κ3) is 2.88. The molecule has 3 heteroatoms. The van der Waals surface area contributed by atoms with Crippen molar-refractivity contribution in [1.29, 1.82) is 0 Å². The zero-order valence-electron chi connectivity index (χ0n) is 12.4. The van der Waals surface area contributed by atoms with Gasteiger partial charge >= 0.3 is 0 Å². The van der Waals surface area contributed by atoms with E-state index in [0.29, 0.717) is 5.92 Å². The van der Waals surface area contributed by atoms with Crippen molar-refractivity contribution in [1.82, 2.24) is 10.2 Å². The van der Waals surface area contributed by atoms with Crippen LogP contribution >= 0.6 is 0 Å². The van der Waals surface area contributed by atoms with Gasteiger partial charge in [0.2, 0.25) is 5.91 Å². The highest BCUT2D eigenvalue weighted by Gasteiger charge is 2.39. The van der Waals surface area contributed by atoms with Gasteiger partial charge in [-0.25, -0.2) is 0 Å². The molecule has 3 nitrogen and oxygen atoms in total. The van der Waals surface area contributed by atoms with Crippen LogP contribution in [-0.4, -0.2) is 29.6 Å². The number of amides is 1. The third-order valence-corrected chi connectivity index (χ3v) is 4.69. The zero-order valence-corrected chi connectivity index (χ0v) is 12.4. The minimum Gasteiger partial charge on any atom is -0.326 e. The van der Waals surface area contributed by atoms with Gasteiger partial charge in [0, 0.05) is 6.54 Å². The molecule has 2 fully saturated rings. The molecule has 0 bridgehead atoms. The number of rotatable bonds is 5. The molecule has 20 heavy (non-hydrogen) atoms. The van der Waals surface area contributed by atoms with Crippen molar-refractivity contribution in [2.24, 2.45) is 11.8 Å². The number of carbonyl (C=O) groups is 1. The molecule has 1 amide bonds. The average molecular weight is 272 g/mol. The monoisotopic (exact) mass is 272 g/mol. The van der Waals surface area contributed by atoms with Gasteiger partial charge in [-0.15, -0.1) is 0 Å². The molecule has 3 atom stereocenters. The maximum atomic E-state index is 12.6. The van der Waals surface area contributed by atoms with Gasteiger partial charge in [-0.1, -0.05) is 37.3 Å². The summed E-state index contributed by atoms with van der Waals surface area (Å²) in [5, 5.41) is 3.44. The van der Waals surface area contributed by atoms with Crippen molar-refractivity contribution >= 4 is 5.91 Å². The van der Waals surface area contributed by atoms with Gasteiger partial charge in [-0.2, -0.15) is 0 Å². The molecular weight excluding hydrogens is 248 g/mol. The molecule has 1 aliphatic heterocycles. The second-order valence-electron chi connectivity index (χ2n) is 6.39. The molecule has 2 aliphatic rings. The van der Waals surface area contributed by atoms with E-state index in [1.54, 1.807) is 0 Å². The third-order valence-electron chi connectivity index (χ3n) is 4.69. The molecule has 0 radical (unpaired) electrons. The summed E-state index contributed by atoms with van der Waals surface area (Å²) in [6.45, 7) is 5.29. The van der Waals surface area contributed by atoms with Gasteiger partial charge in [0.15, 0.2) is 0 Å². The van der Waals surface area contributed by atoms with E-state index in [4.69, 9.17) is 0 Å². The van der Waals surface area contributed by atoms with Gasteiger partial charge in [0.1, 0.15) is 0 Å². The van der Waals surface area contributed by atoms with E-state index in [-0.39, 0.29) is 18.1 Å². The Balaban J connectivity index is 1.62. The Morgan fingerprint density at radius 1 is 1.30 bits per heavy atom. The van der Waals surface area contributed by atoms with E-state index in [1.165, 1.54) is 18.4 Å². The Hall–Kier alpha value is -1.35. The molecule has 1 aromatic carbocycles. The largest absolute Gasteiger partial charge is 0.326 e. The normalized spacial score (nSPS) is 27.9. The zero-order chi connectivity index (χ0) is 14.1. The van der Waals surface area contributed by atoms with Crippen molar-refractivity contribution in [3.05, 3.63) is 35.9 Å². The summed E-state index contributed by atoms with van der Waals surface area (Å²) in [5.41, 5.74) is 1.22. The predicted molar refractivity (Wildman–Crippen MR) is 80.1 cm³/mol. The lowest BCUT2D eigenvalue weighted by Gasteiger charge is -2.24. The Kier molecular flexibility index (Phi) is 3.79. The van der Waals surface area contributed by atoms with Crippen LogP contribution in [0.25, 0.3) is 0 Å². The topological polar surface area (TPSA) is 32.3 Å². The van der Waals surface area contributed by atoms with Gasteiger partial charge < -0.3 is 4.90 Å². The van der Waals surface area contributed by atoms with Crippen molar-refractivity contribution in [3.8, 4) is 0 Å². The Morgan fingerprint density at radius 3 is 2.65 bits per heavy atom. The Morgan fingerprint density at radius 2 is 2.00 bits per heavy atom. The van der Waals surface area contributed by atoms with Crippen LogP contribution in [0, 0.1) is 11.8 Å². The highest BCUT2D eigenvalue weighted by Crippen LogP contribution is 2.37. The van der Waals surface area contributed by atoms with E-state index in [9.17, 15) is 4.79 Å². The first-order chi connectivity index (χ1) is 9.65. The number of carbonyl (C=O) groups excluding carboxylic acids is 1. The fraction of sp³-hybridized carbons (Fsp3) is 0.588. The highest BCUT2D eigenvalue weighted by molar-refractivity contribution is 5.84. The number of nitrogens with zero attached hydrogens (tertiary/aromatic N) is 1. The second-order valence-corrected chi connectivity index (χ2v) is 6.39. The molecule has 3 unspecified atom stereocenters. The molecule has 1 heterocycles. The lowest BCUT2D eigenvalue weighted by atomic mass is 10.0. The van der Waals surface area contributed by atoms with Gasteiger partial charge in [-0.3, -0.25) is 10.1 Å². The summed E-state index contributed by atoms with van der Waals surface area (Å²) in [7, 11) is 0. The lowest BCUT2D eigenvalue weighted by Crippen LogP contribution is -2.38. The first-order valence-electron chi connectivity index (χ1n) is 7.75. The van der Waals surface area contributed by atoms with Crippen molar-refractivity contribution in [2.75, 3.05) is 6.54 Å². The maximum absolute atomic E-state index is 12.6. The van der Waals surface area contributed by atoms with Crippen LogP contribution in [0.3, 0.4) is 0 Å². The number of hydrogen-bond acceptors (Lipinski definition) is 2. The maximum Gasteiger partial charge on any atom is 0.241 e. The summed E-state index contributed by atoms with van der Waals surface area (Å²) in [4.78, 5) is 14.6. The predicted octanol–water partition coefficient (Wildman–Crippen LogP) is 2.42. The van der Waals surface area contributed by atoms with Crippen molar-refractivity contribution in [3.63, 3.8) is 0 Å². The Bertz CT molecular complexity index is 469. The summed E-state index contributed by atoms with van der Waals surface area (Å²) < 4.78 is 0. The van der Waals surface area contributed by atoms with E-state index >= 15 is 0 Å². The highest BCUT2D eigenvalue weighted by atomic mass is 16.2. The number of hydrogen-bond donors (Lipinski definition) is 1. The van der Waals surface area contributed by atoms with Crippen LogP contribution in [0.5, 0.6) is 0 Å². The molecule has 1 saturated carbocycles. The smallest absolute Gasteiger partial charge is 0.241 e. The first-order valence-corrected chi connectivity index (χ1v) is 7.75. The first kappa shape index (κ1) is 13.6. The van der Waals surface area contributed by atoms with E-state index in [0.717, 1.165) is 18.9 Å². The van der Waals surface area contributed by atoms with Crippen LogP contribution in [-0.2, 0) is 11.2 Å². The SMILES string of the molecule is CC(CN1C(=O)C(Cc2ccccc2)NC1C)C1CC1. The van der Waals surface area contributed by atoms with Gasteiger partial charge in [0.05, 0.1) is 12.2 Å². The second kappa shape index (κ2) is 5.57. The van der Waals surface area contributed by atoms with Gasteiger partial charge in [0.25, 0.3) is 0 Å². The van der Waals surface area contributed by atoms with Crippen LogP contribution < -0.4 is 5.32 Å². The van der Waals surface area contributed by atoms with Crippen molar-refractivity contribution < 1.29 is 4.79 Å². The molecule has 0 aromatic heterocycles. The molecular formula is C17H24N2O. The minimum absolute atomic E-state index is 0.0567. The van der Waals surface area contributed by atoms with E-state index < -0.39 is 0 Å². The molecule has 0 spiro atoms. The van der Waals surface area contributed by atoms with Gasteiger partial charge in [-0.05, 0) is 43.6 Å². The fourth-order valence-electron chi connectivity index (χ4n) is 3.21. The molecule has 1 aromatic rings. The molecule has 1 N–H and O–H groups in total. The standard InChI is InChI=1S/C17H24N2O/c1-12(15-8-9-15)11-19-13(2)18-16(17(19)20)10-14-6-4-3-5-7-14/h3-7,12-13,15-16,18H,8-11H2,1-2H3. The fourth-order valence-corrected chi connectivity index (χ4v) is 3.21. The molecule has 1 saturated heterocycles. The molecule has 3 rings (SSSR count). The van der Waals surface area contributed by atoms with Crippen LogP contribution in [0.15, 0.2) is 30.3 Å². The summed E-state index contributed by atoms with van der Waals surface area (Å²) in [5.74, 6) is 1.76. The van der Waals surface area contributed by atoms with Crippen molar-refractivity contribution in [2.45, 2.75) is 45.3 Å². The summed E-state index contributed by atoms with van der Waals surface area (Å²) >= 11 is 0. The molecule has 1 aliphatic carbocycles.